The molecule has 0 amide bonds. The summed E-state index contributed by atoms with van der Waals surface area (Å²) in [6, 6.07) is 61.1. The van der Waals surface area contributed by atoms with Gasteiger partial charge in [0, 0.05) is 16.8 Å². The largest absolute Gasteiger partial charge is 0.290 e. The molecule has 0 saturated heterocycles. The molecule has 0 aliphatic heterocycles. The van der Waals surface area contributed by atoms with Crippen LogP contribution in [0.25, 0.3) is 94.6 Å². The van der Waals surface area contributed by atoms with Crippen molar-refractivity contribution in [3.8, 4) is 51.2 Å². The molecular weight excluding hydrogens is 623 g/mol. The Morgan fingerprint density at radius 3 is 1.47 bits per heavy atom. The zero-order valence-electron chi connectivity index (χ0n) is 27.5. The Morgan fingerprint density at radius 2 is 0.784 bits per heavy atom. The van der Waals surface area contributed by atoms with Gasteiger partial charge in [-0.1, -0.05) is 146 Å². The van der Waals surface area contributed by atoms with E-state index in [4.69, 9.17) is 19.9 Å². The van der Waals surface area contributed by atoms with Crippen molar-refractivity contribution in [2.24, 2.45) is 0 Å². The van der Waals surface area contributed by atoms with Crippen LogP contribution < -0.4 is 0 Å². The third-order valence-electron chi connectivity index (χ3n) is 9.66. The SMILES string of the molecule is c1ccc(-c2ccc(-c3nc(-c4ccc5c6ccccc6c6ccccc6c5c4)nc(-c4nc5ccccc5n4-c4ccccc4)n3)cc2)cc1. The fourth-order valence-corrected chi connectivity index (χ4v) is 7.24. The van der Waals surface area contributed by atoms with Crippen molar-refractivity contribution in [2.75, 3.05) is 0 Å². The van der Waals surface area contributed by atoms with Crippen LogP contribution in [0.4, 0.5) is 0 Å². The molecule has 5 heteroatoms. The predicted molar refractivity (Wildman–Crippen MR) is 209 cm³/mol. The first kappa shape index (κ1) is 29.0. The molecule has 0 aliphatic carbocycles. The van der Waals surface area contributed by atoms with E-state index in [1.54, 1.807) is 0 Å². The van der Waals surface area contributed by atoms with E-state index >= 15 is 0 Å². The van der Waals surface area contributed by atoms with Crippen LogP contribution in [0.5, 0.6) is 0 Å². The normalized spacial score (nSPS) is 11.5. The number of hydrogen-bond donors (Lipinski definition) is 0. The maximum atomic E-state index is 5.19. The Morgan fingerprint density at radius 1 is 0.314 bits per heavy atom. The summed E-state index contributed by atoms with van der Waals surface area (Å²) in [5, 5.41) is 7.26. The van der Waals surface area contributed by atoms with Crippen molar-refractivity contribution in [2.45, 2.75) is 0 Å². The summed E-state index contributed by atoms with van der Waals surface area (Å²) >= 11 is 0. The monoisotopic (exact) mass is 651 g/mol. The number of para-hydroxylation sites is 3. The highest BCUT2D eigenvalue weighted by atomic mass is 15.1. The summed E-state index contributed by atoms with van der Waals surface area (Å²) in [6.07, 6.45) is 0. The highest BCUT2D eigenvalue weighted by molar-refractivity contribution is 6.25. The molecule has 0 radical (unpaired) electrons. The van der Waals surface area contributed by atoms with Gasteiger partial charge in [0.1, 0.15) is 0 Å². The number of imidazole rings is 1. The summed E-state index contributed by atoms with van der Waals surface area (Å²) in [6.45, 7) is 0. The Labute approximate surface area is 294 Å². The second-order valence-electron chi connectivity index (χ2n) is 12.7. The first-order valence-corrected chi connectivity index (χ1v) is 17.1. The average Bonchev–Trinajstić information content (AvgIpc) is 3.61. The number of nitrogens with zero attached hydrogens (tertiary/aromatic N) is 5. The van der Waals surface area contributed by atoms with Crippen LogP contribution in [0.1, 0.15) is 0 Å². The first-order valence-electron chi connectivity index (χ1n) is 17.1. The van der Waals surface area contributed by atoms with Crippen molar-refractivity contribution in [3.63, 3.8) is 0 Å². The van der Waals surface area contributed by atoms with Gasteiger partial charge < -0.3 is 0 Å². The fraction of sp³-hybridized carbons (Fsp3) is 0. The van der Waals surface area contributed by atoms with E-state index in [-0.39, 0.29) is 0 Å². The van der Waals surface area contributed by atoms with Gasteiger partial charge in [-0.05, 0) is 73.8 Å². The topological polar surface area (TPSA) is 56.5 Å². The standard InChI is InChI=1S/C46H29N5/c1-3-13-30(14-4-1)31-23-25-32(26-24-31)43-48-44(33-27-28-39-37-19-8-7-17-35(37)36-18-9-10-20-38(36)40(39)29-33)50-45(49-43)46-47-41-21-11-12-22-42(41)51(46)34-15-5-2-6-16-34/h1-29H. The quantitative estimate of drug-likeness (QED) is 0.174. The molecule has 0 fully saturated rings. The van der Waals surface area contributed by atoms with E-state index in [0.29, 0.717) is 23.3 Å². The molecular formula is C46H29N5. The third kappa shape index (κ3) is 4.94. The van der Waals surface area contributed by atoms with Gasteiger partial charge in [-0.2, -0.15) is 0 Å². The second kappa shape index (κ2) is 11.9. The summed E-state index contributed by atoms with van der Waals surface area (Å²) < 4.78 is 2.14. The molecule has 0 atom stereocenters. The third-order valence-corrected chi connectivity index (χ3v) is 9.66. The molecule has 0 spiro atoms. The maximum absolute atomic E-state index is 5.19. The lowest BCUT2D eigenvalue weighted by Crippen LogP contribution is -2.05. The Balaban J connectivity index is 1.22. The van der Waals surface area contributed by atoms with Crippen LogP contribution in [0.2, 0.25) is 0 Å². The molecule has 2 aromatic heterocycles. The molecule has 238 valence electrons. The number of aromatic nitrogens is 5. The highest BCUT2D eigenvalue weighted by Crippen LogP contribution is 2.37. The van der Waals surface area contributed by atoms with E-state index in [2.05, 4.69) is 138 Å². The fourth-order valence-electron chi connectivity index (χ4n) is 7.24. The number of rotatable bonds is 5. The molecule has 8 aromatic carbocycles. The highest BCUT2D eigenvalue weighted by Gasteiger charge is 2.20. The van der Waals surface area contributed by atoms with Crippen LogP contribution in [-0.4, -0.2) is 24.5 Å². The average molecular weight is 652 g/mol. The molecule has 0 N–H and O–H groups in total. The van der Waals surface area contributed by atoms with Crippen molar-refractivity contribution in [1.29, 1.82) is 0 Å². The van der Waals surface area contributed by atoms with Gasteiger partial charge in [0.05, 0.1) is 11.0 Å². The lowest BCUT2D eigenvalue weighted by Gasteiger charge is -2.13. The van der Waals surface area contributed by atoms with Crippen molar-refractivity contribution < 1.29 is 0 Å². The summed E-state index contributed by atoms with van der Waals surface area (Å²) in [7, 11) is 0. The summed E-state index contributed by atoms with van der Waals surface area (Å²) in [4.78, 5) is 20.6. The Hall–Kier alpha value is -6.98. The van der Waals surface area contributed by atoms with Gasteiger partial charge in [0.15, 0.2) is 23.3 Å². The summed E-state index contributed by atoms with van der Waals surface area (Å²) in [5.41, 5.74) is 6.95. The molecule has 0 unspecified atom stereocenters. The minimum atomic E-state index is 0.505. The molecule has 5 nitrogen and oxygen atoms in total. The molecule has 2 heterocycles. The predicted octanol–water partition coefficient (Wildman–Crippen LogP) is 11.3. The van der Waals surface area contributed by atoms with E-state index < -0.39 is 0 Å². The molecule has 10 aromatic rings. The van der Waals surface area contributed by atoms with E-state index in [9.17, 15) is 0 Å². The minimum absolute atomic E-state index is 0.505. The minimum Gasteiger partial charge on any atom is -0.290 e. The van der Waals surface area contributed by atoms with Crippen molar-refractivity contribution >= 4 is 43.4 Å². The first-order chi connectivity index (χ1) is 25.3. The summed E-state index contributed by atoms with van der Waals surface area (Å²) in [5.74, 6) is 2.34. The van der Waals surface area contributed by atoms with Crippen molar-refractivity contribution in [3.05, 3.63) is 176 Å². The van der Waals surface area contributed by atoms with Gasteiger partial charge in [-0.15, -0.1) is 0 Å². The van der Waals surface area contributed by atoms with Crippen LogP contribution in [0.3, 0.4) is 0 Å². The van der Waals surface area contributed by atoms with E-state index in [1.165, 1.54) is 26.9 Å². The lowest BCUT2D eigenvalue weighted by atomic mass is 9.93. The van der Waals surface area contributed by atoms with Gasteiger partial charge in [-0.3, -0.25) is 4.57 Å². The van der Waals surface area contributed by atoms with Crippen LogP contribution in [0, 0.1) is 0 Å². The second-order valence-corrected chi connectivity index (χ2v) is 12.7. The van der Waals surface area contributed by atoms with Gasteiger partial charge in [0.25, 0.3) is 0 Å². The zero-order valence-corrected chi connectivity index (χ0v) is 27.5. The zero-order chi connectivity index (χ0) is 33.7. The maximum Gasteiger partial charge on any atom is 0.200 e. The van der Waals surface area contributed by atoms with Gasteiger partial charge >= 0.3 is 0 Å². The van der Waals surface area contributed by atoms with Crippen LogP contribution in [-0.2, 0) is 0 Å². The molecule has 0 aliphatic rings. The number of hydrogen-bond acceptors (Lipinski definition) is 4. The molecule has 0 saturated carbocycles. The number of benzene rings is 8. The van der Waals surface area contributed by atoms with E-state index in [1.807, 2.05) is 42.5 Å². The van der Waals surface area contributed by atoms with Gasteiger partial charge in [0.2, 0.25) is 0 Å². The molecule has 51 heavy (non-hydrogen) atoms. The number of fused-ring (bicyclic) bond motifs is 7. The van der Waals surface area contributed by atoms with Gasteiger partial charge in [-0.25, -0.2) is 19.9 Å². The van der Waals surface area contributed by atoms with Crippen LogP contribution >= 0.6 is 0 Å². The smallest absolute Gasteiger partial charge is 0.200 e. The van der Waals surface area contributed by atoms with Crippen LogP contribution in [0.15, 0.2) is 176 Å². The Kier molecular flexibility index (Phi) is 6.74. The van der Waals surface area contributed by atoms with Crippen molar-refractivity contribution in [1.82, 2.24) is 24.5 Å². The Bertz CT molecular complexity index is 2860. The molecule has 0 bridgehead atoms. The lowest BCUT2D eigenvalue weighted by molar-refractivity contribution is 1.01. The van der Waals surface area contributed by atoms with E-state index in [0.717, 1.165) is 44.4 Å². The molecule has 10 rings (SSSR count).